The first kappa shape index (κ1) is 23.8. The summed E-state index contributed by atoms with van der Waals surface area (Å²) in [6, 6.07) is -1.18. The van der Waals surface area contributed by atoms with Crippen LogP contribution in [0.4, 0.5) is 5.82 Å². The molecule has 31 heavy (non-hydrogen) atoms. The van der Waals surface area contributed by atoms with E-state index in [9.17, 15) is 14.7 Å². The van der Waals surface area contributed by atoms with Crippen LogP contribution in [0.3, 0.4) is 0 Å². The molecular weight excluding hydrogens is 406 g/mol. The van der Waals surface area contributed by atoms with Crippen LogP contribution in [0.25, 0.3) is 11.2 Å². The molecule has 2 rings (SSSR count). The van der Waals surface area contributed by atoms with Gasteiger partial charge in [-0.2, -0.15) is 0 Å². The molecule has 0 spiro atoms. The van der Waals surface area contributed by atoms with Crippen molar-refractivity contribution in [1.29, 1.82) is 5.41 Å². The number of hydrogen-bond donors (Lipinski definition) is 3. The minimum absolute atomic E-state index is 0.0975. The average molecular weight is 435 g/mol. The first-order valence-electron chi connectivity index (χ1n) is 9.88. The Morgan fingerprint density at radius 2 is 2.10 bits per heavy atom. The minimum Gasteiger partial charge on any atom is -0.480 e. The minimum atomic E-state index is -1.18. The number of hydroxylamine groups is 2. The number of carbonyl (C=O) groups excluding carboxylic acids is 1. The van der Waals surface area contributed by atoms with Gasteiger partial charge < -0.3 is 15.7 Å². The maximum atomic E-state index is 11.9. The van der Waals surface area contributed by atoms with Gasteiger partial charge in [0.1, 0.15) is 12.7 Å². The summed E-state index contributed by atoms with van der Waals surface area (Å²) in [4.78, 5) is 43.6. The maximum absolute atomic E-state index is 11.9. The van der Waals surface area contributed by atoms with E-state index in [2.05, 4.69) is 15.0 Å². The molecule has 13 nitrogen and oxygen atoms in total. The maximum Gasteiger partial charge on any atom is 0.328 e. The van der Waals surface area contributed by atoms with Gasteiger partial charge in [-0.25, -0.2) is 34.5 Å². The summed E-state index contributed by atoms with van der Waals surface area (Å²) in [5.41, 5.74) is 6.28. The Hall–Kier alpha value is -3.48. The largest absolute Gasteiger partial charge is 0.480 e. The number of fused-ring (bicyclic) bond motifs is 1. The van der Waals surface area contributed by atoms with Crippen molar-refractivity contribution in [2.75, 3.05) is 37.2 Å². The van der Waals surface area contributed by atoms with E-state index in [-0.39, 0.29) is 18.9 Å². The fourth-order valence-corrected chi connectivity index (χ4v) is 2.95. The summed E-state index contributed by atoms with van der Waals surface area (Å²) in [5, 5.41) is 19.6. The number of nitrogens with zero attached hydrogens (tertiary/aromatic N) is 7. The van der Waals surface area contributed by atoms with E-state index >= 15 is 0 Å². The second-order valence-corrected chi connectivity index (χ2v) is 7.01. The molecule has 2 aromatic rings. The zero-order valence-electron chi connectivity index (χ0n) is 17.9. The molecule has 0 fully saturated rings. The Morgan fingerprint density at radius 1 is 1.35 bits per heavy atom. The van der Waals surface area contributed by atoms with Crippen molar-refractivity contribution >= 4 is 35.3 Å². The van der Waals surface area contributed by atoms with Gasteiger partial charge in [-0.3, -0.25) is 15.0 Å². The number of anilines is 1. The number of carboxylic acid groups (broad SMARTS) is 1. The van der Waals surface area contributed by atoms with Crippen molar-refractivity contribution in [3.8, 4) is 0 Å². The van der Waals surface area contributed by atoms with Crippen molar-refractivity contribution in [2.24, 2.45) is 5.73 Å². The molecule has 0 bridgehead atoms. The highest BCUT2D eigenvalue weighted by atomic mass is 16.7. The highest BCUT2D eigenvalue weighted by molar-refractivity contribution is 5.87. The molecule has 2 aromatic heterocycles. The molecule has 0 aliphatic heterocycles. The molecule has 13 heteroatoms. The van der Waals surface area contributed by atoms with Gasteiger partial charge in [0.25, 0.3) is 0 Å². The molecule has 0 aliphatic carbocycles. The van der Waals surface area contributed by atoms with E-state index in [1.54, 1.807) is 19.0 Å². The number of nitrogens with one attached hydrogen (secondary N) is 1. The van der Waals surface area contributed by atoms with Crippen molar-refractivity contribution in [3.63, 3.8) is 0 Å². The molecule has 170 valence electrons. The molecule has 0 aromatic carbocycles. The Kier molecular flexibility index (Phi) is 8.49. The van der Waals surface area contributed by atoms with Crippen LogP contribution in [-0.2, 0) is 14.4 Å². The van der Waals surface area contributed by atoms with E-state index in [1.807, 2.05) is 6.92 Å². The number of carbonyl (C=O) groups is 2. The van der Waals surface area contributed by atoms with Gasteiger partial charge in [0, 0.05) is 20.6 Å². The van der Waals surface area contributed by atoms with Crippen LogP contribution in [0.15, 0.2) is 12.7 Å². The Balaban J connectivity index is 2.18. The van der Waals surface area contributed by atoms with Gasteiger partial charge in [0.05, 0.1) is 6.61 Å². The summed E-state index contributed by atoms with van der Waals surface area (Å²) >= 11 is 0. The standard InChI is InChI=1S/C18H29N9O4/c1-4-5-9-31-27(18(19)20)8-6-7-13(17(29)30)26(12-28)25-11-23-14-15(24(2)3)21-10-22-16(14)25/h10-13H,4-9H2,1-3H3,(H3,19,20)(H,29,30)/t13-/m0/s1. The normalized spacial score (nSPS) is 11.8. The number of aliphatic carboxylic acids is 1. The molecule has 0 saturated carbocycles. The van der Waals surface area contributed by atoms with Gasteiger partial charge in [0.15, 0.2) is 23.0 Å². The third-order valence-electron chi connectivity index (χ3n) is 4.53. The molecular formula is C18H29N9O4. The zero-order valence-corrected chi connectivity index (χ0v) is 17.9. The second-order valence-electron chi connectivity index (χ2n) is 7.01. The molecule has 1 amide bonds. The topological polar surface area (TPSA) is 167 Å². The monoisotopic (exact) mass is 435 g/mol. The van der Waals surface area contributed by atoms with E-state index in [0.29, 0.717) is 36.4 Å². The fourth-order valence-electron chi connectivity index (χ4n) is 2.95. The molecule has 0 saturated heterocycles. The predicted molar refractivity (Wildman–Crippen MR) is 114 cm³/mol. The molecule has 0 aliphatic rings. The number of carboxylic acids is 1. The lowest BCUT2D eigenvalue weighted by molar-refractivity contribution is -0.140. The van der Waals surface area contributed by atoms with Gasteiger partial charge in [-0.1, -0.05) is 13.3 Å². The van der Waals surface area contributed by atoms with E-state index in [4.69, 9.17) is 16.0 Å². The fraction of sp³-hybridized carbons (Fsp3) is 0.556. The molecule has 1 atom stereocenters. The zero-order chi connectivity index (χ0) is 23.0. The highest BCUT2D eigenvalue weighted by Crippen LogP contribution is 2.20. The smallest absolute Gasteiger partial charge is 0.328 e. The number of rotatable bonds is 13. The van der Waals surface area contributed by atoms with Crippen LogP contribution >= 0.6 is 0 Å². The number of aromatic nitrogens is 4. The summed E-state index contributed by atoms with van der Waals surface area (Å²) in [5.74, 6) is -0.899. The van der Waals surface area contributed by atoms with E-state index < -0.39 is 12.0 Å². The summed E-state index contributed by atoms with van der Waals surface area (Å²) in [6.45, 7) is 2.64. The van der Waals surface area contributed by atoms with Crippen molar-refractivity contribution < 1.29 is 19.5 Å². The van der Waals surface area contributed by atoms with Crippen LogP contribution in [-0.4, -0.2) is 81.4 Å². The van der Waals surface area contributed by atoms with Crippen LogP contribution in [0, 0.1) is 5.41 Å². The molecule has 2 heterocycles. The number of guanidine groups is 1. The Bertz CT molecular complexity index is 901. The van der Waals surface area contributed by atoms with E-state index in [0.717, 1.165) is 17.9 Å². The average Bonchev–Trinajstić information content (AvgIpc) is 3.15. The first-order chi connectivity index (χ1) is 14.8. The van der Waals surface area contributed by atoms with Crippen LogP contribution < -0.4 is 15.6 Å². The molecule has 0 radical (unpaired) electrons. The second kappa shape index (κ2) is 11.1. The highest BCUT2D eigenvalue weighted by Gasteiger charge is 2.28. The van der Waals surface area contributed by atoms with Crippen LogP contribution in [0.2, 0.25) is 0 Å². The number of nitrogens with two attached hydrogens (primary N) is 1. The first-order valence-corrected chi connectivity index (χ1v) is 9.88. The van der Waals surface area contributed by atoms with Gasteiger partial charge in [-0.15, -0.1) is 0 Å². The lowest BCUT2D eigenvalue weighted by Gasteiger charge is -2.27. The SMILES string of the molecule is CCCCON(CCC[C@@H](C(=O)O)N(C=O)n1cnc2c(N(C)C)ncnc21)C(=N)N. The number of imidazole rings is 1. The number of hydrogen-bond acceptors (Lipinski definition) is 8. The van der Waals surface area contributed by atoms with E-state index in [1.165, 1.54) is 22.4 Å². The Morgan fingerprint density at radius 3 is 2.68 bits per heavy atom. The predicted octanol–water partition coefficient (Wildman–Crippen LogP) is 0.147. The van der Waals surface area contributed by atoms with Crippen LogP contribution in [0.5, 0.6) is 0 Å². The van der Waals surface area contributed by atoms with Crippen molar-refractivity contribution in [3.05, 3.63) is 12.7 Å². The molecule has 0 unspecified atom stereocenters. The van der Waals surface area contributed by atoms with Gasteiger partial charge >= 0.3 is 5.97 Å². The summed E-state index contributed by atoms with van der Waals surface area (Å²) in [6.07, 6.45) is 5.25. The van der Waals surface area contributed by atoms with Crippen molar-refractivity contribution in [1.82, 2.24) is 24.7 Å². The Labute approximate surface area is 179 Å². The third-order valence-corrected chi connectivity index (χ3v) is 4.53. The summed E-state index contributed by atoms with van der Waals surface area (Å²) in [7, 11) is 3.59. The number of unbranched alkanes of at least 4 members (excludes halogenated alkanes) is 1. The summed E-state index contributed by atoms with van der Waals surface area (Å²) < 4.78 is 1.30. The molecule has 4 N–H and O–H groups in total. The number of amides is 1. The lowest BCUT2D eigenvalue weighted by Crippen LogP contribution is -2.47. The third kappa shape index (κ3) is 5.78. The van der Waals surface area contributed by atoms with Gasteiger partial charge in [-0.05, 0) is 19.3 Å². The van der Waals surface area contributed by atoms with Gasteiger partial charge in [0.2, 0.25) is 12.4 Å². The quantitative estimate of drug-likeness (QED) is 0.129. The van der Waals surface area contributed by atoms with Crippen molar-refractivity contribution in [2.45, 2.75) is 38.6 Å². The van der Waals surface area contributed by atoms with Crippen LogP contribution in [0.1, 0.15) is 32.6 Å². The lowest BCUT2D eigenvalue weighted by atomic mass is 10.1.